The lowest BCUT2D eigenvalue weighted by atomic mass is 10.0. The summed E-state index contributed by atoms with van der Waals surface area (Å²) in [5.41, 5.74) is 2.97. The molecule has 1 N–H and O–H groups in total. The first-order valence-corrected chi connectivity index (χ1v) is 13.6. The van der Waals surface area contributed by atoms with Gasteiger partial charge in [-0.25, -0.2) is 8.42 Å². The number of likely N-dealkylation sites (N-methyl/N-ethyl adjacent to an activating group) is 1. The van der Waals surface area contributed by atoms with Gasteiger partial charge in [-0.2, -0.15) is 0 Å². The zero-order valence-corrected chi connectivity index (χ0v) is 22.1. The summed E-state index contributed by atoms with van der Waals surface area (Å²) in [5, 5.41) is 3.20. The predicted molar refractivity (Wildman–Crippen MR) is 143 cm³/mol. The second kappa shape index (κ2) is 12.1. The van der Waals surface area contributed by atoms with Gasteiger partial charge in [-0.3, -0.25) is 13.9 Å². The Kier molecular flexibility index (Phi) is 9.12. The number of carbonyl (C=O) groups is 2. The molecule has 0 bridgehead atoms. The van der Waals surface area contributed by atoms with Crippen molar-refractivity contribution in [2.24, 2.45) is 0 Å². The number of halogens is 1. The second-order valence-electron chi connectivity index (χ2n) is 8.57. The fraction of sp³-hybridized carbons (Fsp3) is 0.259. The molecule has 0 radical (unpaired) electrons. The lowest BCUT2D eigenvalue weighted by molar-refractivity contribution is -0.139. The van der Waals surface area contributed by atoms with Gasteiger partial charge < -0.3 is 10.2 Å². The van der Waals surface area contributed by atoms with E-state index in [9.17, 15) is 18.0 Å². The molecule has 0 aliphatic carbocycles. The van der Waals surface area contributed by atoms with Crippen molar-refractivity contribution in [3.63, 3.8) is 0 Å². The van der Waals surface area contributed by atoms with E-state index in [0.29, 0.717) is 10.7 Å². The van der Waals surface area contributed by atoms with Crippen LogP contribution in [0.1, 0.15) is 16.7 Å². The molecule has 3 aromatic carbocycles. The Morgan fingerprint density at radius 3 is 2.08 bits per heavy atom. The number of rotatable bonds is 10. The van der Waals surface area contributed by atoms with E-state index in [1.165, 1.54) is 11.9 Å². The number of aryl methyl sites for hydroxylation is 1. The van der Waals surface area contributed by atoms with Crippen molar-refractivity contribution >= 4 is 39.1 Å². The molecule has 1 unspecified atom stereocenters. The van der Waals surface area contributed by atoms with Crippen LogP contribution in [-0.4, -0.2) is 51.0 Å². The summed E-state index contributed by atoms with van der Waals surface area (Å²) < 4.78 is 26.4. The maximum atomic E-state index is 13.8. The molecule has 0 spiro atoms. The fourth-order valence-corrected chi connectivity index (χ4v) is 4.81. The number of carbonyl (C=O) groups excluding carboxylic acids is 2. The third-order valence-corrected chi connectivity index (χ3v) is 7.18. The molecular formula is C27H30ClN3O4S. The highest BCUT2D eigenvalue weighted by Gasteiger charge is 2.32. The zero-order chi connectivity index (χ0) is 26.3. The molecule has 3 aromatic rings. The Morgan fingerprint density at radius 2 is 1.53 bits per heavy atom. The van der Waals surface area contributed by atoms with Crippen LogP contribution in [0, 0.1) is 6.92 Å². The average Bonchev–Trinajstić information content (AvgIpc) is 2.86. The Balaban J connectivity index is 2.00. The molecule has 9 heteroatoms. The number of anilines is 1. The maximum absolute atomic E-state index is 13.8. The zero-order valence-electron chi connectivity index (χ0n) is 20.5. The highest BCUT2D eigenvalue weighted by Crippen LogP contribution is 2.21. The molecule has 0 aromatic heterocycles. The fourth-order valence-electron chi connectivity index (χ4n) is 3.83. The molecule has 2 amide bonds. The summed E-state index contributed by atoms with van der Waals surface area (Å²) in [6, 6.07) is 22.4. The van der Waals surface area contributed by atoms with Crippen LogP contribution in [0.25, 0.3) is 0 Å². The minimum absolute atomic E-state index is 0.104. The van der Waals surface area contributed by atoms with Crippen LogP contribution in [0.5, 0.6) is 0 Å². The summed E-state index contributed by atoms with van der Waals surface area (Å²) in [6.07, 6.45) is 1.33. The van der Waals surface area contributed by atoms with Crippen LogP contribution < -0.4 is 9.62 Å². The van der Waals surface area contributed by atoms with Gasteiger partial charge in [-0.05, 0) is 42.3 Å². The summed E-state index contributed by atoms with van der Waals surface area (Å²) in [6.45, 7) is 1.55. The average molecular weight is 528 g/mol. The molecule has 190 valence electrons. The van der Waals surface area contributed by atoms with E-state index < -0.39 is 28.5 Å². The van der Waals surface area contributed by atoms with Gasteiger partial charge in [0.2, 0.25) is 21.8 Å². The first kappa shape index (κ1) is 27.2. The normalized spacial score (nSPS) is 12.0. The van der Waals surface area contributed by atoms with Gasteiger partial charge in [0.1, 0.15) is 12.6 Å². The lowest BCUT2D eigenvalue weighted by Crippen LogP contribution is -2.52. The summed E-state index contributed by atoms with van der Waals surface area (Å²) in [4.78, 5) is 28.2. The smallest absolute Gasteiger partial charge is 0.244 e. The second-order valence-corrected chi connectivity index (χ2v) is 10.9. The quantitative estimate of drug-likeness (QED) is 0.434. The molecule has 3 rings (SSSR count). The van der Waals surface area contributed by atoms with Gasteiger partial charge in [0.05, 0.1) is 11.9 Å². The molecule has 0 aliphatic rings. The van der Waals surface area contributed by atoms with Crippen molar-refractivity contribution in [1.29, 1.82) is 0 Å². The highest BCUT2D eigenvalue weighted by molar-refractivity contribution is 7.92. The Hall–Kier alpha value is -3.36. The number of hydrogen-bond donors (Lipinski definition) is 1. The van der Waals surface area contributed by atoms with Gasteiger partial charge in [0.15, 0.2) is 0 Å². The van der Waals surface area contributed by atoms with Crippen molar-refractivity contribution in [3.05, 3.63) is 101 Å². The van der Waals surface area contributed by atoms with E-state index >= 15 is 0 Å². The van der Waals surface area contributed by atoms with Gasteiger partial charge in [-0.1, -0.05) is 71.8 Å². The third kappa shape index (κ3) is 7.32. The van der Waals surface area contributed by atoms with E-state index in [2.05, 4.69) is 5.32 Å². The van der Waals surface area contributed by atoms with Crippen LogP contribution in [0.3, 0.4) is 0 Å². The Bertz CT molecular complexity index is 1280. The van der Waals surface area contributed by atoms with Crippen LogP contribution in [0.2, 0.25) is 5.02 Å². The summed E-state index contributed by atoms with van der Waals surface area (Å²) in [7, 11) is -2.27. The Labute approximate surface area is 217 Å². The molecule has 0 fully saturated rings. The van der Waals surface area contributed by atoms with Crippen molar-refractivity contribution in [3.8, 4) is 0 Å². The number of benzene rings is 3. The standard InChI is InChI=1S/C27H30ClN3O4S/c1-20-9-15-24(16-10-20)31(36(3,34)35)19-26(32)30(18-22-11-13-23(28)14-12-22)25(27(33)29-2)17-21-7-5-4-6-8-21/h4-16,25H,17-19H2,1-3H3,(H,29,33). The largest absolute Gasteiger partial charge is 0.357 e. The first-order chi connectivity index (χ1) is 17.1. The highest BCUT2D eigenvalue weighted by atomic mass is 35.5. The monoisotopic (exact) mass is 527 g/mol. The van der Waals surface area contributed by atoms with Crippen LogP contribution in [0.15, 0.2) is 78.9 Å². The topological polar surface area (TPSA) is 86.8 Å². The van der Waals surface area contributed by atoms with E-state index in [1.807, 2.05) is 37.3 Å². The van der Waals surface area contributed by atoms with Gasteiger partial charge in [0, 0.05) is 25.0 Å². The van der Waals surface area contributed by atoms with Crippen molar-refractivity contribution in [2.75, 3.05) is 24.2 Å². The molecule has 0 aliphatic heterocycles. The van der Waals surface area contributed by atoms with E-state index in [0.717, 1.165) is 27.3 Å². The number of nitrogens with zero attached hydrogens (tertiary/aromatic N) is 2. The Morgan fingerprint density at radius 1 is 0.917 bits per heavy atom. The minimum Gasteiger partial charge on any atom is -0.357 e. The maximum Gasteiger partial charge on any atom is 0.244 e. The van der Waals surface area contributed by atoms with Gasteiger partial charge >= 0.3 is 0 Å². The van der Waals surface area contributed by atoms with Crippen molar-refractivity contribution in [1.82, 2.24) is 10.2 Å². The minimum atomic E-state index is -3.78. The number of hydrogen-bond acceptors (Lipinski definition) is 4. The first-order valence-electron chi connectivity index (χ1n) is 11.4. The molecule has 0 saturated carbocycles. The summed E-state index contributed by atoms with van der Waals surface area (Å²) in [5.74, 6) is -0.845. The third-order valence-electron chi connectivity index (χ3n) is 5.78. The number of amides is 2. The van der Waals surface area contributed by atoms with Crippen LogP contribution >= 0.6 is 11.6 Å². The SMILES string of the molecule is CNC(=O)C(Cc1ccccc1)N(Cc1ccc(Cl)cc1)C(=O)CN(c1ccc(C)cc1)S(C)(=O)=O. The molecule has 1 atom stereocenters. The van der Waals surface area contributed by atoms with E-state index in [1.54, 1.807) is 48.5 Å². The number of nitrogens with one attached hydrogen (secondary N) is 1. The van der Waals surface area contributed by atoms with E-state index in [4.69, 9.17) is 11.6 Å². The molecule has 0 heterocycles. The molecular weight excluding hydrogens is 498 g/mol. The number of sulfonamides is 1. The van der Waals surface area contributed by atoms with Crippen LogP contribution in [0.4, 0.5) is 5.69 Å². The molecule has 36 heavy (non-hydrogen) atoms. The predicted octanol–water partition coefficient (Wildman–Crippen LogP) is 3.80. The summed E-state index contributed by atoms with van der Waals surface area (Å²) >= 11 is 6.03. The van der Waals surface area contributed by atoms with Crippen molar-refractivity contribution < 1.29 is 18.0 Å². The van der Waals surface area contributed by atoms with E-state index in [-0.39, 0.29) is 18.9 Å². The molecule has 7 nitrogen and oxygen atoms in total. The van der Waals surface area contributed by atoms with Gasteiger partial charge in [0.25, 0.3) is 0 Å². The van der Waals surface area contributed by atoms with Gasteiger partial charge in [-0.15, -0.1) is 0 Å². The van der Waals surface area contributed by atoms with Crippen LogP contribution in [-0.2, 0) is 32.6 Å². The lowest BCUT2D eigenvalue weighted by Gasteiger charge is -2.33. The molecule has 0 saturated heterocycles. The van der Waals surface area contributed by atoms with Crippen molar-refractivity contribution in [2.45, 2.75) is 25.9 Å².